The lowest BCUT2D eigenvalue weighted by Gasteiger charge is -2.17. The van der Waals surface area contributed by atoms with Crippen LogP contribution in [0.4, 0.5) is 17.2 Å². The molecule has 1 aliphatic heterocycles. The van der Waals surface area contributed by atoms with Gasteiger partial charge in [-0.25, -0.2) is 18.3 Å². The largest absolute Gasteiger partial charge is 0.350 e. The van der Waals surface area contributed by atoms with Gasteiger partial charge in [0.05, 0.1) is 20.6 Å². The lowest BCUT2D eigenvalue weighted by atomic mass is 10.3. The summed E-state index contributed by atoms with van der Waals surface area (Å²) in [5.41, 5.74) is 0.246. The molecule has 0 atom stereocenters. The number of hydrogen-bond acceptors (Lipinski definition) is 6. The molecule has 0 saturated carbocycles. The summed E-state index contributed by atoms with van der Waals surface area (Å²) >= 11 is 18.3. The van der Waals surface area contributed by atoms with Gasteiger partial charge in [-0.3, -0.25) is 14.3 Å². The fourth-order valence-electron chi connectivity index (χ4n) is 2.98. The Kier molecular flexibility index (Phi) is 6.31. The van der Waals surface area contributed by atoms with Crippen molar-refractivity contribution in [3.8, 4) is 0 Å². The molecule has 0 bridgehead atoms. The Bertz CT molecular complexity index is 1390. The van der Waals surface area contributed by atoms with Crippen LogP contribution in [-0.4, -0.2) is 25.2 Å². The average Bonchev–Trinajstić information content (AvgIpc) is 3.00. The second kappa shape index (κ2) is 9.03. The van der Waals surface area contributed by atoms with E-state index < -0.39 is 21.8 Å². The van der Waals surface area contributed by atoms with E-state index in [1.807, 2.05) is 0 Å². The molecule has 0 radical (unpaired) electrons. The third-order valence-electron chi connectivity index (χ3n) is 4.54. The molecular formula is C21H13Cl3N4O4S. The fourth-order valence-corrected chi connectivity index (χ4v) is 4.58. The van der Waals surface area contributed by atoms with E-state index in [2.05, 4.69) is 15.0 Å². The van der Waals surface area contributed by atoms with Crippen molar-refractivity contribution in [2.75, 3.05) is 14.9 Å². The quantitative estimate of drug-likeness (QED) is 0.456. The van der Waals surface area contributed by atoms with E-state index in [1.165, 1.54) is 48.7 Å². The lowest BCUT2D eigenvalue weighted by Crippen LogP contribution is -2.32. The van der Waals surface area contributed by atoms with Gasteiger partial charge in [-0.05, 0) is 48.5 Å². The van der Waals surface area contributed by atoms with Crippen LogP contribution in [0.1, 0.15) is 0 Å². The molecule has 2 aromatic carbocycles. The van der Waals surface area contributed by atoms with E-state index in [0.717, 1.165) is 4.90 Å². The van der Waals surface area contributed by atoms with Crippen molar-refractivity contribution >= 4 is 73.8 Å². The zero-order valence-electron chi connectivity index (χ0n) is 16.4. The molecule has 0 saturated heterocycles. The first-order valence-electron chi connectivity index (χ1n) is 9.22. The summed E-state index contributed by atoms with van der Waals surface area (Å²) in [6.45, 7) is 0. The number of carbonyl (C=O) groups is 2. The molecule has 0 fully saturated rings. The maximum absolute atomic E-state index is 12.9. The van der Waals surface area contributed by atoms with Gasteiger partial charge in [0.15, 0.2) is 0 Å². The number of rotatable bonds is 6. The topological polar surface area (TPSA) is 108 Å². The molecule has 2 N–H and O–H groups in total. The van der Waals surface area contributed by atoms with Crippen LogP contribution >= 0.6 is 34.8 Å². The van der Waals surface area contributed by atoms with Gasteiger partial charge >= 0.3 is 0 Å². The number of anilines is 3. The standard InChI is InChI=1S/C21H13Cl3N4O4S/c22-14-4-3-5-15(17(14)23)28-20(29)18(24)19(21(28)30)26-12-7-9-13(10-8-12)33(31,32)27-16-6-1-2-11-25-16/h1-11,26H,(H,25,27). The zero-order chi connectivity index (χ0) is 23.8. The van der Waals surface area contributed by atoms with E-state index in [4.69, 9.17) is 34.8 Å². The van der Waals surface area contributed by atoms with Gasteiger partial charge in [-0.15, -0.1) is 0 Å². The van der Waals surface area contributed by atoms with E-state index in [0.29, 0.717) is 5.69 Å². The lowest BCUT2D eigenvalue weighted by molar-refractivity contribution is -0.120. The van der Waals surface area contributed by atoms with Gasteiger partial charge < -0.3 is 5.32 Å². The molecule has 33 heavy (non-hydrogen) atoms. The summed E-state index contributed by atoms with van der Waals surface area (Å²) in [7, 11) is -3.88. The summed E-state index contributed by atoms with van der Waals surface area (Å²) in [5, 5.41) is 2.62. The first-order valence-corrected chi connectivity index (χ1v) is 11.8. The van der Waals surface area contributed by atoms with Gasteiger partial charge in [0, 0.05) is 11.9 Å². The molecule has 4 rings (SSSR count). The van der Waals surface area contributed by atoms with E-state index in [1.54, 1.807) is 18.2 Å². The molecule has 12 heteroatoms. The monoisotopic (exact) mass is 522 g/mol. The number of nitrogens with zero attached hydrogens (tertiary/aromatic N) is 2. The second-order valence-corrected chi connectivity index (χ2v) is 9.52. The normalized spacial score (nSPS) is 14.1. The summed E-state index contributed by atoms with van der Waals surface area (Å²) in [6.07, 6.45) is 1.46. The predicted molar refractivity (Wildman–Crippen MR) is 127 cm³/mol. The maximum atomic E-state index is 12.9. The number of halogens is 3. The van der Waals surface area contributed by atoms with Crippen molar-refractivity contribution in [2.24, 2.45) is 0 Å². The Morgan fingerprint density at radius 3 is 2.24 bits per heavy atom. The van der Waals surface area contributed by atoms with Crippen molar-refractivity contribution in [1.29, 1.82) is 0 Å². The molecule has 2 heterocycles. The number of sulfonamides is 1. The van der Waals surface area contributed by atoms with Crippen molar-refractivity contribution in [2.45, 2.75) is 4.90 Å². The van der Waals surface area contributed by atoms with Crippen LogP contribution in [-0.2, 0) is 19.6 Å². The average molecular weight is 524 g/mol. The second-order valence-electron chi connectivity index (χ2n) is 6.68. The van der Waals surface area contributed by atoms with E-state index in [-0.39, 0.29) is 37.2 Å². The first kappa shape index (κ1) is 23.1. The van der Waals surface area contributed by atoms with Crippen LogP contribution in [0.2, 0.25) is 10.0 Å². The number of imide groups is 1. The van der Waals surface area contributed by atoms with Crippen molar-refractivity contribution < 1.29 is 18.0 Å². The SMILES string of the molecule is O=C1C(Cl)=C(Nc2ccc(S(=O)(=O)Nc3ccccn3)cc2)C(=O)N1c1cccc(Cl)c1Cl. The zero-order valence-corrected chi connectivity index (χ0v) is 19.5. The third-order valence-corrected chi connectivity index (χ3v) is 7.07. The Morgan fingerprint density at radius 2 is 1.58 bits per heavy atom. The molecule has 1 aromatic heterocycles. The number of pyridine rings is 1. The number of carbonyl (C=O) groups excluding carboxylic acids is 2. The van der Waals surface area contributed by atoms with Gasteiger partial charge in [0.1, 0.15) is 16.5 Å². The Morgan fingerprint density at radius 1 is 0.848 bits per heavy atom. The van der Waals surface area contributed by atoms with Crippen LogP contribution in [0.15, 0.2) is 82.5 Å². The molecule has 0 unspecified atom stereocenters. The third kappa shape index (κ3) is 4.53. The molecular weight excluding hydrogens is 511 g/mol. The van der Waals surface area contributed by atoms with Crippen molar-refractivity contribution in [3.63, 3.8) is 0 Å². The highest BCUT2D eigenvalue weighted by Crippen LogP contribution is 2.37. The summed E-state index contributed by atoms with van der Waals surface area (Å²) in [5.74, 6) is -1.33. The minimum absolute atomic E-state index is 0.0278. The van der Waals surface area contributed by atoms with Crippen molar-refractivity contribution in [3.05, 3.63) is 87.6 Å². The summed E-state index contributed by atoms with van der Waals surface area (Å²) < 4.78 is 27.4. The number of hydrogen-bond donors (Lipinski definition) is 2. The van der Waals surface area contributed by atoms with Gasteiger partial charge in [-0.1, -0.05) is 46.9 Å². The number of amides is 2. The van der Waals surface area contributed by atoms with Gasteiger partial charge in [-0.2, -0.15) is 0 Å². The van der Waals surface area contributed by atoms with Crippen LogP contribution in [0.5, 0.6) is 0 Å². The van der Waals surface area contributed by atoms with Crippen LogP contribution in [0.25, 0.3) is 0 Å². The van der Waals surface area contributed by atoms with Crippen LogP contribution in [0.3, 0.4) is 0 Å². The predicted octanol–water partition coefficient (Wildman–Crippen LogP) is 4.62. The Hall–Kier alpha value is -3.11. The number of aromatic nitrogens is 1. The number of nitrogens with one attached hydrogen (secondary N) is 2. The van der Waals surface area contributed by atoms with E-state index in [9.17, 15) is 18.0 Å². The van der Waals surface area contributed by atoms with Gasteiger partial charge in [0.2, 0.25) is 0 Å². The highest BCUT2D eigenvalue weighted by Gasteiger charge is 2.40. The molecule has 0 spiro atoms. The van der Waals surface area contributed by atoms with Crippen molar-refractivity contribution in [1.82, 2.24) is 4.98 Å². The molecule has 1 aliphatic rings. The Labute approximate surface area is 203 Å². The fraction of sp³-hybridized carbons (Fsp3) is 0. The smallest absolute Gasteiger partial charge is 0.283 e. The highest BCUT2D eigenvalue weighted by molar-refractivity contribution is 7.92. The summed E-state index contributed by atoms with van der Waals surface area (Å²) in [6, 6.07) is 14.9. The maximum Gasteiger partial charge on any atom is 0.283 e. The van der Waals surface area contributed by atoms with E-state index >= 15 is 0 Å². The first-order chi connectivity index (χ1) is 15.7. The summed E-state index contributed by atoms with van der Waals surface area (Å²) in [4.78, 5) is 30.2. The molecule has 2 amide bonds. The molecule has 168 valence electrons. The Balaban J connectivity index is 1.55. The molecule has 3 aromatic rings. The minimum Gasteiger partial charge on any atom is -0.350 e. The molecule has 8 nitrogen and oxygen atoms in total. The number of benzene rings is 2. The van der Waals surface area contributed by atoms with Crippen LogP contribution < -0.4 is 14.9 Å². The van der Waals surface area contributed by atoms with Gasteiger partial charge in [0.25, 0.3) is 21.8 Å². The minimum atomic E-state index is -3.88. The van der Waals surface area contributed by atoms with Crippen LogP contribution in [0, 0.1) is 0 Å². The highest BCUT2D eigenvalue weighted by atomic mass is 35.5. The molecule has 0 aliphatic carbocycles.